The van der Waals surface area contributed by atoms with Crippen LogP contribution in [0.4, 0.5) is 0 Å². The fourth-order valence-electron chi connectivity index (χ4n) is 2.06. The van der Waals surface area contributed by atoms with Crippen molar-refractivity contribution >= 4 is 11.0 Å². The Kier molecular flexibility index (Phi) is 2.08. The van der Waals surface area contributed by atoms with Crippen LogP contribution >= 0.6 is 0 Å². The Morgan fingerprint density at radius 1 is 1.50 bits per heavy atom. The number of imidazole rings is 1. The minimum Gasteiger partial charge on any atom is -0.306 e. The molecule has 1 aliphatic carbocycles. The second kappa shape index (κ2) is 3.47. The van der Waals surface area contributed by atoms with Gasteiger partial charge in [-0.25, -0.2) is 10.7 Å². The van der Waals surface area contributed by atoms with Crippen LogP contribution in [0.5, 0.6) is 0 Å². The lowest BCUT2D eigenvalue weighted by Crippen LogP contribution is -2.14. The van der Waals surface area contributed by atoms with Crippen LogP contribution in [-0.2, 0) is 11.4 Å². The predicted octanol–water partition coefficient (Wildman–Crippen LogP) is 1.05. The summed E-state index contributed by atoms with van der Waals surface area (Å²) in [5.74, 6) is 5.02. The molecule has 1 aromatic carbocycles. The van der Waals surface area contributed by atoms with Crippen LogP contribution < -0.4 is 11.6 Å². The molecule has 0 radical (unpaired) electrons. The van der Waals surface area contributed by atoms with Gasteiger partial charge >= 0.3 is 5.69 Å². The average molecular weight is 219 g/mol. The van der Waals surface area contributed by atoms with Crippen LogP contribution in [0, 0.1) is 0 Å². The third-order valence-corrected chi connectivity index (χ3v) is 2.94. The third kappa shape index (κ3) is 1.45. The Balaban J connectivity index is 2.15. The van der Waals surface area contributed by atoms with E-state index in [0.29, 0.717) is 12.6 Å². The van der Waals surface area contributed by atoms with Crippen LogP contribution in [0.3, 0.4) is 0 Å². The van der Waals surface area contributed by atoms with E-state index >= 15 is 0 Å². The van der Waals surface area contributed by atoms with Crippen molar-refractivity contribution in [2.45, 2.75) is 25.5 Å². The molecule has 5 nitrogen and oxygen atoms in total. The van der Waals surface area contributed by atoms with Gasteiger partial charge in [0, 0.05) is 6.04 Å². The molecule has 0 spiro atoms. The highest BCUT2D eigenvalue weighted by Gasteiger charge is 2.27. The van der Waals surface area contributed by atoms with Crippen LogP contribution in [0.1, 0.15) is 24.4 Å². The van der Waals surface area contributed by atoms with Gasteiger partial charge < -0.3 is 4.98 Å². The van der Waals surface area contributed by atoms with Crippen molar-refractivity contribution in [2.75, 3.05) is 0 Å². The molecule has 0 atom stereocenters. The van der Waals surface area contributed by atoms with E-state index in [1.807, 2.05) is 22.8 Å². The summed E-state index contributed by atoms with van der Waals surface area (Å²) in [4.78, 5) is 19.2. The summed E-state index contributed by atoms with van der Waals surface area (Å²) in [5.41, 5.74) is 2.75. The number of hydrogen-bond acceptors (Lipinski definition) is 3. The van der Waals surface area contributed by atoms with Crippen LogP contribution in [-0.4, -0.2) is 9.55 Å². The van der Waals surface area contributed by atoms with Crippen LogP contribution in [0.25, 0.3) is 11.0 Å². The molecule has 2 aromatic rings. The number of aromatic amines is 1. The van der Waals surface area contributed by atoms with Gasteiger partial charge in [0.15, 0.2) is 0 Å². The van der Waals surface area contributed by atoms with E-state index in [0.717, 1.165) is 29.4 Å². The molecular formula is C11H13N3O2. The van der Waals surface area contributed by atoms with Gasteiger partial charge in [-0.2, -0.15) is 0 Å². The summed E-state index contributed by atoms with van der Waals surface area (Å²) >= 11 is 0. The number of rotatable bonds is 3. The van der Waals surface area contributed by atoms with Gasteiger partial charge in [0.05, 0.1) is 17.6 Å². The Labute approximate surface area is 91.8 Å². The first-order valence-corrected chi connectivity index (χ1v) is 5.34. The van der Waals surface area contributed by atoms with E-state index in [1.54, 1.807) is 0 Å². The standard InChI is InChI=1S/C11H13N3O2/c12-16-6-7-1-4-10-9(5-7)13-11(15)14(10)8-2-3-8/h1,4-5,8H,2-3,6,12H2,(H,13,15). The molecule has 5 heteroatoms. The maximum Gasteiger partial charge on any atom is 0.326 e. The highest BCUT2D eigenvalue weighted by Crippen LogP contribution is 2.35. The number of nitrogens with two attached hydrogens (primary N) is 1. The second-order valence-corrected chi connectivity index (χ2v) is 4.19. The molecule has 3 rings (SSSR count). The Morgan fingerprint density at radius 3 is 3.00 bits per heavy atom. The SMILES string of the molecule is NOCc1ccc2c(c1)[nH]c(=O)n2C1CC1. The molecule has 0 amide bonds. The molecule has 16 heavy (non-hydrogen) atoms. The number of hydrogen-bond donors (Lipinski definition) is 2. The minimum absolute atomic E-state index is 0.0247. The highest BCUT2D eigenvalue weighted by atomic mass is 16.6. The van der Waals surface area contributed by atoms with Crippen molar-refractivity contribution in [1.82, 2.24) is 9.55 Å². The van der Waals surface area contributed by atoms with E-state index in [1.165, 1.54) is 0 Å². The maximum atomic E-state index is 11.7. The van der Waals surface area contributed by atoms with Crippen molar-refractivity contribution in [2.24, 2.45) is 5.90 Å². The van der Waals surface area contributed by atoms with E-state index in [4.69, 9.17) is 5.90 Å². The van der Waals surface area contributed by atoms with E-state index < -0.39 is 0 Å². The summed E-state index contributed by atoms with van der Waals surface area (Å²) in [6.07, 6.45) is 2.20. The lowest BCUT2D eigenvalue weighted by atomic mass is 10.2. The molecule has 0 saturated heterocycles. The van der Waals surface area contributed by atoms with Gasteiger partial charge in [0.2, 0.25) is 0 Å². The molecule has 3 N–H and O–H groups in total. The molecule has 1 aliphatic rings. The molecule has 0 unspecified atom stereocenters. The second-order valence-electron chi connectivity index (χ2n) is 4.19. The summed E-state index contributed by atoms with van der Waals surface area (Å²) < 4.78 is 1.84. The largest absolute Gasteiger partial charge is 0.326 e. The number of fused-ring (bicyclic) bond motifs is 1. The topological polar surface area (TPSA) is 73.0 Å². The van der Waals surface area contributed by atoms with Crippen molar-refractivity contribution in [3.63, 3.8) is 0 Å². The first kappa shape index (κ1) is 9.62. The predicted molar refractivity (Wildman–Crippen MR) is 59.8 cm³/mol. The monoisotopic (exact) mass is 219 g/mol. The molecule has 0 aliphatic heterocycles. The smallest absolute Gasteiger partial charge is 0.306 e. The van der Waals surface area contributed by atoms with Crippen LogP contribution in [0.15, 0.2) is 23.0 Å². The number of benzene rings is 1. The summed E-state index contributed by atoms with van der Waals surface area (Å²) in [7, 11) is 0. The summed E-state index contributed by atoms with van der Waals surface area (Å²) in [6, 6.07) is 6.17. The number of nitrogens with zero attached hydrogens (tertiary/aromatic N) is 1. The third-order valence-electron chi connectivity index (χ3n) is 2.94. The lowest BCUT2D eigenvalue weighted by molar-refractivity contribution is 0.124. The first-order valence-electron chi connectivity index (χ1n) is 5.34. The van der Waals surface area contributed by atoms with Crippen LogP contribution in [0.2, 0.25) is 0 Å². The van der Waals surface area contributed by atoms with E-state index in [9.17, 15) is 4.79 Å². The van der Waals surface area contributed by atoms with Gasteiger partial charge in [0.25, 0.3) is 0 Å². The van der Waals surface area contributed by atoms with Gasteiger partial charge in [-0.15, -0.1) is 0 Å². The van der Waals surface area contributed by atoms with Gasteiger partial charge in [-0.05, 0) is 30.5 Å². The summed E-state index contributed by atoms with van der Waals surface area (Å²) in [5, 5.41) is 0. The van der Waals surface area contributed by atoms with Gasteiger partial charge in [0.1, 0.15) is 0 Å². The quantitative estimate of drug-likeness (QED) is 0.758. The van der Waals surface area contributed by atoms with E-state index in [2.05, 4.69) is 9.82 Å². The maximum absolute atomic E-state index is 11.7. The highest BCUT2D eigenvalue weighted by molar-refractivity contribution is 5.76. The number of H-pyrrole nitrogens is 1. The van der Waals surface area contributed by atoms with E-state index in [-0.39, 0.29) is 5.69 Å². The molecule has 1 saturated carbocycles. The molecule has 84 valence electrons. The minimum atomic E-state index is -0.0247. The van der Waals surface area contributed by atoms with Crippen molar-refractivity contribution in [1.29, 1.82) is 0 Å². The lowest BCUT2D eigenvalue weighted by Gasteiger charge is -2.01. The van der Waals surface area contributed by atoms with Crippen molar-refractivity contribution < 1.29 is 4.84 Å². The number of nitrogens with one attached hydrogen (secondary N) is 1. The fraction of sp³-hybridized carbons (Fsp3) is 0.364. The Hall–Kier alpha value is -1.59. The molecule has 0 bridgehead atoms. The van der Waals surface area contributed by atoms with Crippen molar-refractivity contribution in [3.05, 3.63) is 34.2 Å². The summed E-state index contributed by atoms with van der Waals surface area (Å²) in [6.45, 7) is 0.354. The average Bonchev–Trinajstić information content (AvgIpc) is 3.02. The van der Waals surface area contributed by atoms with Crippen molar-refractivity contribution in [3.8, 4) is 0 Å². The zero-order chi connectivity index (χ0) is 11.1. The number of aromatic nitrogens is 2. The Morgan fingerprint density at radius 2 is 2.31 bits per heavy atom. The molecule has 1 fully saturated rings. The normalized spacial score (nSPS) is 15.8. The molecule has 1 heterocycles. The fourth-order valence-corrected chi connectivity index (χ4v) is 2.06. The zero-order valence-electron chi connectivity index (χ0n) is 8.77. The zero-order valence-corrected chi connectivity index (χ0v) is 8.77. The molecule has 1 aromatic heterocycles. The Bertz CT molecular complexity index is 580. The first-order chi connectivity index (χ1) is 7.79. The molecular weight excluding hydrogens is 206 g/mol. The van der Waals surface area contributed by atoms with Gasteiger partial charge in [-0.1, -0.05) is 6.07 Å². The van der Waals surface area contributed by atoms with Gasteiger partial charge in [-0.3, -0.25) is 9.40 Å².